The smallest absolute Gasteiger partial charge is 0.223 e. The second-order valence-electron chi connectivity index (χ2n) is 7.74. The average Bonchev–Trinajstić information content (AvgIpc) is 3.14. The third-order valence-electron chi connectivity index (χ3n) is 5.91. The van der Waals surface area contributed by atoms with Crippen molar-refractivity contribution in [2.24, 2.45) is 0 Å². The minimum atomic E-state index is 0.160. The number of likely N-dealkylation sites (tertiary alicyclic amines) is 1. The molecule has 1 saturated heterocycles. The molecule has 1 amide bonds. The molecule has 0 bridgehead atoms. The Bertz CT molecular complexity index is 951. The molecular weight excluding hydrogens is 362 g/mol. The predicted molar refractivity (Wildman–Crippen MR) is 115 cm³/mol. The maximum atomic E-state index is 13.1. The molecule has 0 unspecified atom stereocenters. The van der Waals surface area contributed by atoms with E-state index >= 15 is 0 Å². The molecule has 0 N–H and O–H groups in total. The van der Waals surface area contributed by atoms with Gasteiger partial charge in [-0.3, -0.25) is 9.78 Å². The molecule has 3 aromatic rings. The second-order valence-corrected chi connectivity index (χ2v) is 7.74. The maximum absolute atomic E-state index is 13.1. The number of methoxy groups -OCH3 is 1. The highest BCUT2D eigenvalue weighted by atomic mass is 16.5. The second kappa shape index (κ2) is 9.23. The van der Waals surface area contributed by atoms with Crippen molar-refractivity contribution in [2.75, 3.05) is 20.3 Å². The van der Waals surface area contributed by atoms with Crippen LogP contribution in [-0.2, 0) is 22.5 Å². The Hall–Kier alpha value is -2.66. The minimum Gasteiger partial charge on any atom is -0.383 e. The molecule has 0 spiro atoms. The number of nitrogens with zero attached hydrogens (tertiary/aromatic N) is 3. The van der Waals surface area contributed by atoms with Gasteiger partial charge in [0.1, 0.15) is 0 Å². The first-order chi connectivity index (χ1) is 14.3. The zero-order valence-electron chi connectivity index (χ0n) is 17.1. The first-order valence-electron chi connectivity index (χ1n) is 10.5. The molecule has 0 saturated carbocycles. The molecule has 1 aromatic carbocycles. The van der Waals surface area contributed by atoms with Gasteiger partial charge in [-0.1, -0.05) is 24.3 Å². The van der Waals surface area contributed by atoms with Crippen molar-refractivity contribution in [2.45, 2.75) is 44.7 Å². The van der Waals surface area contributed by atoms with Gasteiger partial charge in [0.05, 0.1) is 12.6 Å². The Morgan fingerprint density at radius 3 is 2.93 bits per heavy atom. The van der Waals surface area contributed by atoms with Crippen molar-refractivity contribution in [1.82, 2.24) is 14.5 Å². The number of para-hydroxylation sites is 1. The SMILES string of the molecule is COCCn1cc(CCC(=O)N2CCCC[C@@H]2c2cccnc2)c2ccccc21. The molecule has 152 valence electrons. The van der Waals surface area contributed by atoms with Crippen LogP contribution in [0.5, 0.6) is 0 Å². The molecule has 0 radical (unpaired) electrons. The van der Waals surface area contributed by atoms with E-state index in [1.165, 1.54) is 16.5 Å². The summed E-state index contributed by atoms with van der Waals surface area (Å²) in [5, 5.41) is 1.24. The third-order valence-corrected chi connectivity index (χ3v) is 5.91. The minimum absolute atomic E-state index is 0.160. The van der Waals surface area contributed by atoms with E-state index in [-0.39, 0.29) is 11.9 Å². The monoisotopic (exact) mass is 391 g/mol. The van der Waals surface area contributed by atoms with Gasteiger partial charge < -0.3 is 14.2 Å². The van der Waals surface area contributed by atoms with E-state index in [4.69, 9.17) is 4.74 Å². The average molecular weight is 392 g/mol. The first kappa shape index (κ1) is 19.6. The van der Waals surface area contributed by atoms with Crippen LogP contribution in [0.1, 0.15) is 42.9 Å². The zero-order valence-corrected chi connectivity index (χ0v) is 17.1. The van der Waals surface area contributed by atoms with E-state index in [9.17, 15) is 4.79 Å². The summed E-state index contributed by atoms with van der Waals surface area (Å²) in [4.78, 5) is 19.5. The van der Waals surface area contributed by atoms with E-state index in [0.717, 1.165) is 44.3 Å². The first-order valence-corrected chi connectivity index (χ1v) is 10.5. The number of benzene rings is 1. The van der Waals surface area contributed by atoms with Crippen molar-refractivity contribution in [1.29, 1.82) is 0 Å². The van der Waals surface area contributed by atoms with Gasteiger partial charge in [-0.15, -0.1) is 0 Å². The number of hydrogen-bond donors (Lipinski definition) is 0. The van der Waals surface area contributed by atoms with Crippen LogP contribution in [0.2, 0.25) is 0 Å². The van der Waals surface area contributed by atoms with Crippen LogP contribution in [0.15, 0.2) is 55.0 Å². The van der Waals surface area contributed by atoms with Crippen molar-refractivity contribution < 1.29 is 9.53 Å². The number of fused-ring (bicyclic) bond motifs is 1. The third kappa shape index (κ3) is 4.35. The van der Waals surface area contributed by atoms with Crippen molar-refractivity contribution in [3.05, 3.63) is 66.1 Å². The standard InChI is InChI=1S/C24H29N3O2/c1-29-16-15-26-18-20(21-8-2-3-10-23(21)26)11-12-24(28)27-14-5-4-9-22(27)19-7-6-13-25-17-19/h2-3,6-8,10,13,17-18,22H,4-5,9,11-12,14-16H2,1H3/t22-/m1/s1. The summed E-state index contributed by atoms with van der Waals surface area (Å²) in [5.41, 5.74) is 3.59. The van der Waals surface area contributed by atoms with Crippen molar-refractivity contribution >= 4 is 16.8 Å². The molecule has 1 aliphatic rings. The van der Waals surface area contributed by atoms with Crippen LogP contribution in [0, 0.1) is 0 Å². The van der Waals surface area contributed by atoms with Crippen molar-refractivity contribution in [3.8, 4) is 0 Å². The van der Waals surface area contributed by atoms with Crippen LogP contribution in [0.3, 0.4) is 0 Å². The van der Waals surface area contributed by atoms with Gasteiger partial charge in [0.2, 0.25) is 5.91 Å². The van der Waals surface area contributed by atoms with E-state index in [0.29, 0.717) is 13.0 Å². The van der Waals surface area contributed by atoms with Crippen LogP contribution >= 0.6 is 0 Å². The highest BCUT2D eigenvalue weighted by Crippen LogP contribution is 2.31. The van der Waals surface area contributed by atoms with E-state index in [1.807, 2.05) is 12.3 Å². The van der Waals surface area contributed by atoms with Crippen molar-refractivity contribution in [3.63, 3.8) is 0 Å². The molecule has 5 nitrogen and oxygen atoms in total. The lowest BCUT2D eigenvalue weighted by atomic mass is 9.95. The van der Waals surface area contributed by atoms with Gasteiger partial charge >= 0.3 is 0 Å². The van der Waals surface area contributed by atoms with E-state index < -0.39 is 0 Å². The summed E-state index contributed by atoms with van der Waals surface area (Å²) in [6, 6.07) is 12.6. The molecule has 5 heteroatoms. The summed E-state index contributed by atoms with van der Waals surface area (Å²) < 4.78 is 7.48. The number of pyridine rings is 1. The number of aryl methyl sites for hydroxylation is 1. The molecule has 3 heterocycles. The summed E-state index contributed by atoms with van der Waals surface area (Å²) >= 11 is 0. The van der Waals surface area contributed by atoms with Crippen LogP contribution < -0.4 is 0 Å². The number of ether oxygens (including phenoxy) is 1. The molecule has 1 fully saturated rings. The Kier molecular flexibility index (Phi) is 6.25. The van der Waals surface area contributed by atoms with Gasteiger partial charge in [0, 0.05) is 56.1 Å². The van der Waals surface area contributed by atoms with Gasteiger partial charge in [0.25, 0.3) is 0 Å². The Balaban J connectivity index is 1.49. The summed E-state index contributed by atoms with van der Waals surface area (Å²) in [6.45, 7) is 2.34. The fraction of sp³-hybridized carbons (Fsp3) is 0.417. The molecular formula is C24H29N3O2. The molecule has 1 atom stereocenters. The Morgan fingerprint density at radius 2 is 2.10 bits per heavy atom. The number of carbonyl (C=O) groups is 1. The topological polar surface area (TPSA) is 47.4 Å². The number of hydrogen-bond acceptors (Lipinski definition) is 3. The van der Waals surface area contributed by atoms with Gasteiger partial charge in [0.15, 0.2) is 0 Å². The molecule has 2 aromatic heterocycles. The quantitative estimate of drug-likeness (QED) is 0.601. The Morgan fingerprint density at radius 1 is 1.21 bits per heavy atom. The van der Waals surface area contributed by atoms with Crippen LogP contribution in [0.25, 0.3) is 10.9 Å². The molecule has 1 aliphatic heterocycles. The molecule has 0 aliphatic carbocycles. The maximum Gasteiger partial charge on any atom is 0.223 e. The number of carbonyl (C=O) groups excluding carboxylic acids is 1. The number of rotatable bonds is 7. The number of piperidine rings is 1. The highest BCUT2D eigenvalue weighted by Gasteiger charge is 2.27. The lowest BCUT2D eigenvalue weighted by Gasteiger charge is -2.36. The summed E-state index contributed by atoms with van der Waals surface area (Å²) in [7, 11) is 1.72. The van der Waals surface area contributed by atoms with E-state index in [2.05, 4.69) is 51.0 Å². The largest absolute Gasteiger partial charge is 0.383 e. The van der Waals surface area contributed by atoms with Crippen LogP contribution in [0.4, 0.5) is 0 Å². The summed E-state index contributed by atoms with van der Waals surface area (Å²) in [6.07, 6.45) is 10.4. The zero-order chi connectivity index (χ0) is 20.1. The Labute approximate surface area is 172 Å². The highest BCUT2D eigenvalue weighted by molar-refractivity contribution is 5.85. The normalized spacial score (nSPS) is 17.0. The van der Waals surface area contributed by atoms with Crippen LogP contribution in [-0.4, -0.2) is 40.6 Å². The fourth-order valence-corrected chi connectivity index (χ4v) is 4.43. The van der Waals surface area contributed by atoms with E-state index in [1.54, 1.807) is 13.3 Å². The predicted octanol–water partition coefficient (Wildman–Crippen LogP) is 4.37. The number of amides is 1. The summed E-state index contributed by atoms with van der Waals surface area (Å²) in [5.74, 6) is 0.243. The lowest BCUT2D eigenvalue weighted by molar-refractivity contribution is -0.135. The van der Waals surface area contributed by atoms with Gasteiger partial charge in [-0.25, -0.2) is 0 Å². The molecule has 4 rings (SSSR count). The fourth-order valence-electron chi connectivity index (χ4n) is 4.43. The van der Waals surface area contributed by atoms with Gasteiger partial charge in [-0.05, 0) is 48.9 Å². The lowest BCUT2D eigenvalue weighted by Crippen LogP contribution is -2.38. The number of aromatic nitrogens is 2. The molecule has 29 heavy (non-hydrogen) atoms. The van der Waals surface area contributed by atoms with Gasteiger partial charge in [-0.2, -0.15) is 0 Å².